The summed E-state index contributed by atoms with van der Waals surface area (Å²) < 4.78 is 4.80. The van der Waals surface area contributed by atoms with E-state index in [9.17, 15) is 4.79 Å². The molecule has 0 aromatic carbocycles. The minimum Gasteiger partial charge on any atom is -0.351 e. The lowest BCUT2D eigenvalue weighted by Gasteiger charge is -2.09. The molecule has 0 aromatic heterocycles. The lowest BCUT2D eigenvalue weighted by Crippen LogP contribution is -2.26. The van der Waals surface area contributed by atoms with Crippen molar-refractivity contribution in [2.45, 2.75) is 0 Å². The lowest BCUT2D eigenvalue weighted by atomic mass is 10.7. The molecular weight excluding hydrogens is 113 g/mol. The first-order chi connectivity index (χ1) is 3.39. The average molecular weight is 119 g/mol. The fraction of sp³-hybridized carbons (Fsp3) is 0.667. The van der Waals surface area contributed by atoms with Crippen LogP contribution in [-0.4, -0.2) is 18.8 Å². The minimum absolute atomic E-state index is 0.0197. The molecule has 1 amide bonds. The molecule has 0 aromatic rings. The van der Waals surface area contributed by atoms with Gasteiger partial charge in [0.1, 0.15) is 8.81 Å². The van der Waals surface area contributed by atoms with Crippen LogP contribution in [0.25, 0.3) is 0 Å². The van der Waals surface area contributed by atoms with Gasteiger partial charge >= 0.3 is 0 Å². The summed E-state index contributed by atoms with van der Waals surface area (Å²) in [5.74, 6) is 0. The fourth-order valence-corrected chi connectivity index (χ4v) is 0.901. The summed E-state index contributed by atoms with van der Waals surface area (Å²) in [5, 5.41) is 2.63. The van der Waals surface area contributed by atoms with Crippen LogP contribution in [0.2, 0.25) is 0 Å². The first-order valence-electron chi connectivity index (χ1n) is 2.05. The molecule has 7 heavy (non-hydrogen) atoms. The highest BCUT2D eigenvalue weighted by Gasteiger charge is 2.04. The molecule has 1 unspecified atom stereocenters. The van der Waals surface area contributed by atoms with E-state index in [1.54, 1.807) is 0 Å². The van der Waals surface area contributed by atoms with Gasteiger partial charge in [-0.05, 0) is 0 Å². The molecule has 3 nitrogen and oxygen atoms in total. The Balaban J connectivity index is 2.25. The Bertz CT molecular complexity index is 77.0. The molecule has 1 aliphatic heterocycles. The van der Waals surface area contributed by atoms with Gasteiger partial charge in [0.15, 0.2) is 0 Å². The molecule has 1 fully saturated rings. The summed E-state index contributed by atoms with van der Waals surface area (Å²) in [4.78, 5) is 10.2. The third kappa shape index (κ3) is 1.41. The van der Waals surface area contributed by atoms with Crippen molar-refractivity contribution in [1.29, 1.82) is 0 Å². The van der Waals surface area contributed by atoms with Gasteiger partial charge in [-0.25, -0.2) is 0 Å². The topological polar surface area (TPSA) is 38.3 Å². The molecule has 1 aliphatic rings. The summed E-state index contributed by atoms with van der Waals surface area (Å²) in [7, 11) is 0.0255. The molecule has 1 atom stereocenters. The Morgan fingerprint density at radius 2 is 2.71 bits per heavy atom. The maximum Gasteiger partial charge on any atom is 0.265 e. The van der Waals surface area contributed by atoms with Crippen molar-refractivity contribution in [1.82, 2.24) is 5.32 Å². The monoisotopic (exact) mass is 119 g/mol. The van der Waals surface area contributed by atoms with E-state index in [2.05, 4.69) is 5.32 Å². The standard InChI is InChI=1S/C3H6NO2P/c5-3-4-1-2-6-7-3/h7H,1-2H2,(H,4,5). The molecule has 40 valence electrons. The Kier molecular flexibility index (Phi) is 1.60. The van der Waals surface area contributed by atoms with Gasteiger partial charge in [-0.2, -0.15) is 0 Å². The van der Waals surface area contributed by atoms with Crippen molar-refractivity contribution in [3.05, 3.63) is 0 Å². The van der Waals surface area contributed by atoms with Gasteiger partial charge < -0.3 is 9.84 Å². The van der Waals surface area contributed by atoms with E-state index >= 15 is 0 Å². The van der Waals surface area contributed by atoms with E-state index in [-0.39, 0.29) is 14.5 Å². The van der Waals surface area contributed by atoms with Crippen LogP contribution in [0.1, 0.15) is 0 Å². The first kappa shape index (κ1) is 5.01. The highest BCUT2D eigenvalue weighted by Crippen LogP contribution is 2.14. The predicted molar refractivity (Wildman–Crippen MR) is 27.7 cm³/mol. The van der Waals surface area contributed by atoms with Gasteiger partial charge in [-0.1, -0.05) is 0 Å². The predicted octanol–water partition coefficient (Wildman–Crippen LogP) is 0.320. The van der Waals surface area contributed by atoms with Crippen LogP contribution in [0.4, 0.5) is 4.79 Å². The molecule has 0 spiro atoms. The maximum atomic E-state index is 10.2. The number of hydrogen-bond donors (Lipinski definition) is 1. The number of carbonyl (C=O) groups is 1. The second-order valence-corrected chi connectivity index (χ2v) is 2.15. The molecule has 4 heteroatoms. The maximum absolute atomic E-state index is 10.2. The van der Waals surface area contributed by atoms with Gasteiger partial charge in [-0.15, -0.1) is 0 Å². The zero-order valence-corrected chi connectivity index (χ0v) is 4.73. The summed E-state index contributed by atoms with van der Waals surface area (Å²) in [6.45, 7) is 1.34. The molecule has 1 rings (SSSR count). The molecule has 1 N–H and O–H groups in total. The van der Waals surface area contributed by atoms with E-state index < -0.39 is 0 Å². The quantitative estimate of drug-likeness (QED) is 0.466. The highest BCUT2D eigenvalue weighted by molar-refractivity contribution is 7.53. The molecule has 0 saturated carbocycles. The summed E-state index contributed by atoms with van der Waals surface area (Å²) >= 11 is 0. The van der Waals surface area contributed by atoms with Crippen LogP contribution in [0.3, 0.4) is 0 Å². The number of nitrogens with one attached hydrogen (secondary N) is 1. The van der Waals surface area contributed by atoms with Crippen LogP contribution >= 0.6 is 8.81 Å². The Labute approximate surface area is 43.3 Å². The Morgan fingerprint density at radius 1 is 1.86 bits per heavy atom. The van der Waals surface area contributed by atoms with Crippen molar-refractivity contribution < 1.29 is 9.32 Å². The molecule has 1 heterocycles. The van der Waals surface area contributed by atoms with Gasteiger partial charge in [-0.3, -0.25) is 4.79 Å². The summed E-state index contributed by atoms with van der Waals surface area (Å²) in [5.41, 5.74) is 0.0197. The zero-order chi connectivity index (χ0) is 5.11. The molecule has 0 radical (unpaired) electrons. The van der Waals surface area contributed by atoms with Crippen LogP contribution in [0.15, 0.2) is 0 Å². The van der Waals surface area contributed by atoms with Crippen LogP contribution in [-0.2, 0) is 4.52 Å². The van der Waals surface area contributed by atoms with E-state index in [1.165, 1.54) is 0 Å². The van der Waals surface area contributed by atoms with E-state index in [0.29, 0.717) is 13.2 Å². The number of hydrogen-bond acceptors (Lipinski definition) is 2. The molecule has 0 bridgehead atoms. The highest BCUT2D eigenvalue weighted by atomic mass is 31.1. The minimum atomic E-state index is 0.0197. The summed E-state index contributed by atoms with van der Waals surface area (Å²) in [6, 6.07) is 0. The third-order valence-electron chi connectivity index (χ3n) is 0.655. The van der Waals surface area contributed by atoms with Gasteiger partial charge in [0, 0.05) is 6.54 Å². The second-order valence-electron chi connectivity index (χ2n) is 1.21. The van der Waals surface area contributed by atoms with Crippen molar-refractivity contribution in [3.8, 4) is 0 Å². The van der Waals surface area contributed by atoms with Gasteiger partial charge in [0.25, 0.3) is 5.65 Å². The second kappa shape index (κ2) is 2.24. The first-order valence-corrected chi connectivity index (χ1v) is 2.96. The van der Waals surface area contributed by atoms with Crippen LogP contribution in [0, 0.1) is 0 Å². The van der Waals surface area contributed by atoms with E-state index in [4.69, 9.17) is 4.52 Å². The van der Waals surface area contributed by atoms with Crippen molar-refractivity contribution in [2.24, 2.45) is 0 Å². The van der Waals surface area contributed by atoms with Gasteiger partial charge in [0.2, 0.25) is 0 Å². The Hall–Kier alpha value is -0.140. The Morgan fingerprint density at radius 3 is 3.00 bits per heavy atom. The number of rotatable bonds is 0. The van der Waals surface area contributed by atoms with Crippen molar-refractivity contribution >= 4 is 14.5 Å². The average Bonchev–Trinajstić information content (AvgIpc) is 1.69. The molecular formula is C3H6NO2P. The SMILES string of the molecule is O=C1NCCOP1. The zero-order valence-electron chi connectivity index (χ0n) is 3.73. The normalized spacial score (nSPS) is 24.9. The van der Waals surface area contributed by atoms with Crippen molar-refractivity contribution in [2.75, 3.05) is 13.2 Å². The van der Waals surface area contributed by atoms with Crippen LogP contribution in [0.5, 0.6) is 0 Å². The molecule has 1 saturated heterocycles. The van der Waals surface area contributed by atoms with Crippen molar-refractivity contribution in [3.63, 3.8) is 0 Å². The largest absolute Gasteiger partial charge is 0.351 e. The van der Waals surface area contributed by atoms with Crippen LogP contribution < -0.4 is 5.32 Å². The smallest absolute Gasteiger partial charge is 0.265 e. The van der Waals surface area contributed by atoms with Gasteiger partial charge in [0.05, 0.1) is 6.61 Å². The number of amides is 1. The fourth-order valence-electron chi connectivity index (χ4n) is 0.368. The summed E-state index contributed by atoms with van der Waals surface area (Å²) in [6.07, 6.45) is 0. The molecule has 0 aliphatic carbocycles. The lowest BCUT2D eigenvalue weighted by molar-refractivity contribution is 0.247. The van der Waals surface area contributed by atoms with E-state index in [1.807, 2.05) is 0 Å². The van der Waals surface area contributed by atoms with E-state index in [0.717, 1.165) is 0 Å². The third-order valence-corrected chi connectivity index (χ3v) is 1.37. The number of carbonyl (C=O) groups excluding carboxylic acids is 1.